The van der Waals surface area contributed by atoms with E-state index in [0.717, 1.165) is 28.3 Å². The Balaban J connectivity index is 2.14. The molecule has 0 heterocycles. The number of anilines is 1. The summed E-state index contributed by atoms with van der Waals surface area (Å²) in [5.41, 5.74) is 11.8. The molecule has 0 aliphatic heterocycles. The van der Waals surface area contributed by atoms with Crippen molar-refractivity contribution >= 4 is 5.69 Å². The minimum absolute atomic E-state index is 0.0525. The second-order valence-corrected chi connectivity index (χ2v) is 6.06. The maximum Gasteiger partial charge on any atom is 0.118 e. The van der Waals surface area contributed by atoms with Crippen molar-refractivity contribution in [2.75, 3.05) is 20.0 Å². The van der Waals surface area contributed by atoms with Crippen molar-refractivity contribution in [2.45, 2.75) is 12.8 Å². The summed E-state index contributed by atoms with van der Waals surface area (Å²) in [6.07, 6.45) is 0. The Kier molecular flexibility index (Phi) is 4.94. The molecule has 3 aromatic carbocycles. The lowest BCUT2D eigenvalue weighted by Gasteiger charge is -2.22. The molecule has 0 aromatic heterocycles. The van der Waals surface area contributed by atoms with Gasteiger partial charge in [-0.3, -0.25) is 0 Å². The van der Waals surface area contributed by atoms with Crippen LogP contribution < -0.4 is 15.2 Å². The third-order valence-electron chi connectivity index (χ3n) is 4.57. The molecule has 0 atom stereocenters. The molecule has 25 heavy (non-hydrogen) atoms. The highest BCUT2D eigenvalue weighted by Crippen LogP contribution is 2.37. The lowest BCUT2D eigenvalue weighted by atomic mass is 9.83. The fraction of sp³-hybridized carbons (Fsp3) is 0.182. The molecule has 0 aliphatic carbocycles. The van der Waals surface area contributed by atoms with Crippen molar-refractivity contribution in [3.63, 3.8) is 0 Å². The van der Waals surface area contributed by atoms with Crippen LogP contribution in [0, 0.1) is 6.92 Å². The van der Waals surface area contributed by atoms with Crippen molar-refractivity contribution in [3.05, 3.63) is 89.0 Å². The number of aryl methyl sites for hydroxylation is 1. The Bertz CT molecular complexity index is 791. The number of hydrogen-bond donors (Lipinski definition) is 1. The number of methoxy groups -OCH3 is 2. The van der Waals surface area contributed by atoms with E-state index in [0.29, 0.717) is 0 Å². The van der Waals surface area contributed by atoms with Gasteiger partial charge in [-0.2, -0.15) is 0 Å². The molecule has 0 saturated carbocycles. The third kappa shape index (κ3) is 3.45. The summed E-state index contributed by atoms with van der Waals surface area (Å²) < 4.78 is 10.6. The van der Waals surface area contributed by atoms with Gasteiger partial charge in [0.1, 0.15) is 11.5 Å². The molecule has 0 unspecified atom stereocenters. The topological polar surface area (TPSA) is 44.5 Å². The highest BCUT2D eigenvalue weighted by molar-refractivity contribution is 5.60. The summed E-state index contributed by atoms with van der Waals surface area (Å²) in [7, 11) is 3.35. The van der Waals surface area contributed by atoms with Crippen LogP contribution >= 0.6 is 0 Å². The van der Waals surface area contributed by atoms with Crippen molar-refractivity contribution < 1.29 is 9.47 Å². The summed E-state index contributed by atoms with van der Waals surface area (Å²) in [5.74, 6) is 1.74. The molecular weight excluding hydrogens is 310 g/mol. The first-order chi connectivity index (χ1) is 12.1. The fourth-order valence-electron chi connectivity index (χ4n) is 3.10. The van der Waals surface area contributed by atoms with E-state index >= 15 is 0 Å². The zero-order valence-corrected chi connectivity index (χ0v) is 14.8. The zero-order valence-electron chi connectivity index (χ0n) is 14.8. The van der Waals surface area contributed by atoms with Gasteiger partial charge in [-0.25, -0.2) is 0 Å². The van der Waals surface area contributed by atoms with Crippen LogP contribution in [0.2, 0.25) is 0 Å². The molecule has 3 nitrogen and oxygen atoms in total. The number of nitrogen functional groups attached to an aromatic ring is 1. The number of para-hydroxylation sites is 1. The van der Waals surface area contributed by atoms with Crippen molar-refractivity contribution in [2.24, 2.45) is 0 Å². The largest absolute Gasteiger partial charge is 0.497 e. The third-order valence-corrected chi connectivity index (χ3v) is 4.57. The predicted molar refractivity (Wildman–Crippen MR) is 103 cm³/mol. The molecule has 0 fully saturated rings. The van der Waals surface area contributed by atoms with E-state index in [-0.39, 0.29) is 5.92 Å². The number of hydrogen-bond acceptors (Lipinski definition) is 3. The number of nitrogens with two attached hydrogens (primary N) is 1. The van der Waals surface area contributed by atoms with E-state index < -0.39 is 0 Å². The van der Waals surface area contributed by atoms with Crippen molar-refractivity contribution in [3.8, 4) is 11.5 Å². The van der Waals surface area contributed by atoms with Gasteiger partial charge in [0.25, 0.3) is 0 Å². The second kappa shape index (κ2) is 7.31. The number of ether oxygens (including phenoxy) is 2. The van der Waals surface area contributed by atoms with Gasteiger partial charge in [-0.05, 0) is 53.4 Å². The van der Waals surface area contributed by atoms with Crippen LogP contribution in [-0.2, 0) is 0 Å². The van der Waals surface area contributed by atoms with Gasteiger partial charge in [-0.1, -0.05) is 42.5 Å². The van der Waals surface area contributed by atoms with Gasteiger partial charge in [0.05, 0.1) is 14.2 Å². The van der Waals surface area contributed by atoms with Crippen LogP contribution in [0.15, 0.2) is 66.7 Å². The molecule has 128 valence electrons. The van der Waals surface area contributed by atoms with Crippen molar-refractivity contribution in [1.82, 2.24) is 0 Å². The first-order valence-electron chi connectivity index (χ1n) is 8.27. The fourth-order valence-corrected chi connectivity index (χ4v) is 3.10. The van der Waals surface area contributed by atoms with E-state index in [1.54, 1.807) is 14.2 Å². The van der Waals surface area contributed by atoms with E-state index in [2.05, 4.69) is 36.4 Å². The molecule has 0 radical (unpaired) electrons. The normalized spacial score (nSPS) is 10.7. The smallest absolute Gasteiger partial charge is 0.118 e. The highest BCUT2D eigenvalue weighted by atomic mass is 16.5. The summed E-state index contributed by atoms with van der Waals surface area (Å²) >= 11 is 0. The Hall–Kier alpha value is -2.94. The van der Waals surface area contributed by atoms with Gasteiger partial charge >= 0.3 is 0 Å². The molecular formula is C22H23NO2. The molecule has 0 aliphatic rings. The standard InChI is InChI=1S/C22H23NO2/c1-15-5-4-6-20(22(15)23)21(16-7-11-18(24-2)12-8-16)17-9-13-19(25-3)14-10-17/h4-14,21H,23H2,1-3H3. The van der Waals surface area contributed by atoms with Gasteiger partial charge in [0, 0.05) is 11.6 Å². The Labute approximate surface area is 149 Å². The molecule has 0 saturated heterocycles. The van der Waals surface area contributed by atoms with Gasteiger partial charge in [-0.15, -0.1) is 0 Å². The van der Waals surface area contributed by atoms with E-state index in [9.17, 15) is 0 Å². The van der Waals surface area contributed by atoms with Crippen LogP contribution in [0.5, 0.6) is 11.5 Å². The SMILES string of the molecule is COc1ccc(C(c2ccc(OC)cc2)c2cccc(C)c2N)cc1. The molecule has 3 aromatic rings. The minimum Gasteiger partial charge on any atom is -0.497 e. The Morgan fingerprint density at radius 3 is 1.64 bits per heavy atom. The van der Waals surface area contributed by atoms with Crippen molar-refractivity contribution in [1.29, 1.82) is 0 Å². The average Bonchev–Trinajstić information content (AvgIpc) is 2.66. The molecule has 3 rings (SSSR count). The van der Waals surface area contributed by atoms with Crippen LogP contribution in [0.4, 0.5) is 5.69 Å². The first kappa shape index (κ1) is 16.9. The molecule has 0 bridgehead atoms. The zero-order chi connectivity index (χ0) is 17.8. The molecule has 3 heteroatoms. The van der Waals surface area contributed by atoms with E-state index in [4.69, 9.17) is 15.2 Å². The monoisotopic (exact) mass is 333 g/mol. The van der Waals surface area contributed by atoms with Crippen LogP contribution in [0.3, 0.4) is 0 Å². The predicted octanol–water partition coefficient (Wildman–Crippen LogP) is 4.77. The maximum atomic E-state index is 6.42. The van der Waals surface area contributed by atoms with Gasteiger partial charge in [0.2, 0.25) is 0 Å². The summed E-state index contributed by atoms with van der Waals surface area (Å²) in [5, 5.41) is 0. The van der Waals surface area contributed by atoms with Crippen LogP contribution in [-0.4, -0.2) is 14.2 Å². The summed E-state index contributed by atoms with van der Waals surface area (Å²) in [6.45, 7) is 2.04. The summed E-state index contributed by atoms with van der Waals surface area (Å²) in [6, 6.07) is 22.5. The minimum atomic E-state index is 0.0525. The lowest BCUT2D eigenvalue weighted by Crippen LogP contribution is -2.07. The lowest BCUT2D eigenvalue weighted by molar-refractivity contribution is 0.414. The highest BCUT2D eigenvalue weighted by Gasteiger charge is 2.20. The Morgan fingerprint density at radius 2 is 1.20 bits per heavy atom. The molecule has 0 spiro atoms. The van der Waals surface area contributed by atoms with E-state index in [1.807, 2.05) is 37.3 Å². The average molecular weight is 333 g/mol. The first-order valence-corrected chi connectivity index (χ1v) is 8.27. The van der Waals surface area contributed by atoms with Crippen LogP contribution in [0.25, 0.3) is 0 Å². The van der Waals surface area contributed by atoms with Gasteiger partial charge in [0.15, 0.2) is 0 Å². The number of benzene rings is 3. The maximum absolute atomic E-state index is 6.42. The molecule has 0 amide bonds. The second-order valence-electron chi connectivity index (χ2n) is 6.06. The molecule has 2 N–H and O–H groups in total. The van der Waals surface area contributed by atoms with Gasteiger partial charge < -0.3 is 15.2 Å². The quantitative estimate of drug-likeness (QED) is 0.540. The Morgan fingerprint density at radius 1 is 0.720 bits per heavy atom. The summed E-state index contributed by atoms with van der Waals surface area (Å²) in [4.78, 5) is 0. The van der Waals surface area contributed by atoms with E-state index in [1.165, 1.54) is 11.1 Å². The number of rotatable bonds is 5. The van der Waals surface area contributed by atoms with Crippen LogP contribution in [0.1, 0.15) is 28.2 Å².